The zero-order chi connectivity index (χ0) is 27.1. The number of benzene rings is 2. The molecule has 0 fully saturated rings. The van der Waals surface area contributed by atoms with Crippen molar-refractivity contribution in [1.29, 1.82) is 0 Å². The molecule has 7 rings (SSSR count). The summed E-state index contributed by atoms with van der Waals surface area (Å²) in [7, 11) is 0. The molecule has 0 unspecified atom stereocenters. The van der Waals surface area contributed by atoms with E-state index in [9.17, 15) is 4.79 Å². The van der Waals surface area contributed by atoms with Crippen LogP contribution >= 0.6 is 11.3 Å². The number of hydrogen-bond donors (Lipinski definition) is 3. The number of hydrogen-bond acceptors (Lipinski definition) is 6. The smallest absolute Gasteiger partial charge is 0.228 e. The second-order valence-corrected chi connectivity index (χ2v) is 10.2. The van der Waals surface area contributed by atoms with Crippen LogP contribution < -0.4 is 5.32 Å². The fourth-order valence-electron chi connectivity index (χ4n) is 4.75. The van der Waals surface area contributed by atoms with Crippen LogP contribution in [0.1, 0.15) is 5.56 Å². The molecule has 0 atom stereocenters. The molecule has 5 aromatic heterocycles. The maximum Gasteiger partial charge on any atom is 0.228 e. The van der Waals surface area contributed by atoms with Crippen molar-refractivity contribution in [2.75, 3.05) is 5.32 Å². The number of nitrogens with one attached hydrogen (secondary N) is 3. The molecule has 3 N–H and O–H groups in total. The third-order valence-electron chi connectivity index (χ3n) is 6.57. The van der Waals surface area contributed by atoms with Crippen LogP contribution in [0.5, 0.6) is 0 Å². The van der Waals surface area contributed by atoms with Gasteiger partial charge in [0.15, 0.2) is 11.6 Å². The van der Waals surface area contributed by atoms with E-state index in [4.69, 9.17) is 4.98 Å². The highest BCUT2D eigenvalue weighted by molar-refractivity contribution is 7.13. The predicted molar refractivity (Wildman–Crippen MR) is 154 cm³/mol. The number of aromatic nitrogens is 6. The van der Waals surface area contributed by atoms with Crippen molar-refractivity contribution >= 4 is 44.9 Å². The van der Waals surface area contributed by atoms with Gasteiger partial charge in [-0.25, -0.2) is 9.37 Å². The van der Waals surface area contributed by atoms with Gasteiger partial charge in [-0.1, -0.05) is 48.5 Å². The Labute approximate surface area is 231 Å². The van der Waals surface area contributed by atoms with E-state index in [-0.39, 0.29) is 23.4 Å². The van der Waals surface area contributed by atoms with Crippen LogP contribution in [0.15, 0.2) is 90.7 Å². The molecule has 40 heavy (non-hydrogen) atoms. The lowest BCUT2D eigenvalue weighted by molar-refractivity contribution is -0.115. The molecule has 0 aliphatic heterocycles. The van der Waals surface area contributed by atoms with Gasteiger partial charge < -0.3 is 10.3 Å². The van der Waals surface area contributed by atoms with Gasteiger partial charge in [0, 0.05) is 22.2 Å². The number of amides is 1. The Balaban J connectivity index is 1.24. The summed E-state index contributed by atoms with van der Waals surface area (Å²) in [5.74, 6) is -0.311. The van der Waals surface area contributed by atoms with Crippen molar-refractivity contribution in [3.8, 4) is 33.2 Å². The molecule has 0 radical (unpaired) electrons. The molecule has 194 valence electrons. The highest BCUT2D eigenvalue weighted by Gasteiger charge is 2.21. The van der Waals surface area contributed by atoms with Crippen molar-refractivity contribution in [2.45, 2.75) is 6.42 Å². The predicted octanol–water partition coefficient (Wildman–Crippen LogP) is 6.61. The van der Waals surface area contributed by atoms with Crippen molar-refractivity contribution in [3.63, 3.8) is 0 Å². The number of pyridine rings is 2. The number of thiophene rings is 1. The van der Waals surface area contributed by atoms with Crippen molar-refractivity contribution in [1.82, 2.24) is 30.1 Å². The largest absolute Gasteiger partial charge is 0.337 e. The normalized spacial score (nSPS) is 11.3. The fourth-order valence-corrected chi connectivity index (χ4v) is 5.50. The molecule has 5 heterocycles. The maximum atomic E-state index is 16.1. The molecule has 2 aromatic carbocycles. The van der Waals surface area contributed by atoms with E-state index in [2.05, 4.69) is 30.5 Å². The minimum absolute atomic E-state index is 0.0946. The minimum Gasteiger partial charge on any atom is -0.337 e. The molecule has 0 bridgehead atoms. The Hall–Kier alpha value is -5.22. The van der Waals surface area contributed by atoms with E-state index in [0.29, 0.717) is 28.3 Å². The zero-order valence-corrected chi connectivity index (χ0v) is 21.7. The number of carbonyl (C=O) groups excluding carboxylic acids is 1. The number of nitrogens with zero attached hydrogens (tertiary/aromatic N) is 4. The summed E-state index contributed by atoms with van der Waals surface area (Å²) < 4.78 is 16.1. The summed E-state index contributed by atoms with van der Waals surface area (Å²) in [6, 6.07) is 21.0. The van der Waals surface area contributed by atoms with Gasteiger partial charge in [0.1, 0.15) is 11.4 Å². The van der Waals surface area contributed by atoms with Gasteiger partial charge in [-0.2, -0.15) is 5.10 Å². The van der Waals surface area contributed by atoms with Crippen LogP contribution in [0.3, 0.4) is 0 Å². The summed E-state index contributed by atoms with van der Waals surface area (Å²) >= 11 is 1.63. The van der Waals surface area contributed by atoms with E-state index < -0.39 is 5.82 Å². The molecule has 10 heteroatoms. The number of anilines is 1. The molecule has 7 aromatic rings. The number of imidazole rings is 1. The molecule has 0 aliphatic rings. The van der Waals surface area contributed by atoms with Gasteiger partial charge in [-0.3, -0.25) is 19.9 Å². The van der Waals surface area contributed by atoms with Crippen molar-refractivity contribution in [2.24, 2.45) is 0 Å². The van der Waals surface area contributed by atoms with E-state index in [1.165, 1.54) is 18.6 Å². The van der Waals surface area contributed by atoms with Gasteiger partial charge >= 0.3 is 0 Å². The summed E-state index contributed by atoms with van der Waals surface area (Å²) in [5.41, 5.74) is 5.26. The van der Waals surface area contributed by atoms with Gasteiger partial charge in [0.2, 0.25) is 5.91 Å². The topological polar surface area (TPSA) is 112 Å². The van der Waals surface area contributed by atoms with Gasteiger partial charge in [-0.05, 0) is 29.1 Å². The minimum atomic E-state index is -0.560. The lowest BCUT2D eigenvalue weighted by Crippen LogP contribution is -2.14. The molecule has 8 nitrogen and oxygen atoms in total. The second-order valence-electron chi connectivity index (χ2n) is 9.22. The SMILES string of the molecule is O=C(Cc1ccccc1)Nc1cncc(-c2ncc3[nH]nc(-c4nc5c(-c6cccs6)cccc5[nH]4)c3c2F)c1. The first-order chi connectivity index (χ1) is 19.6. The molecule has 1 amide bonds. The first-order valence-corrected chi connectivity index (χ1v) is 13.4. The maximum absolute atomic E-state index is 16.1. The standard InChI is InChI=1S/C30H20FN7OS/c31-26-25-22(37-38-29(25)30-35-21-9-4-8-20(28(21)36-30)23-10-5-11-40-23)16-33-27(26)18-13-19(15-32-14-18)34-24(39)12-17-6-2-1-3-7-17/h1-11,13-16H,12H2,(H,34,39)(H,35,36)(H,37,38). The molecule has 0 aliphatic carbocycles. The second kappa shape index (κ2) is 9.83. The first-order valence-electron chi connectivity index (χ1n) is 12.5. The van der Waals surface area contributed by atoms with Crippen molar-refractivity contribution < 1.29 is 9.18 Å². The average molecular weight is 546 g/mol. The third-order valence-corrected chi connectivity index (χ3v) is 7.47. The number of halogens is 1. The molecule has 0 spiro atoms. The van der Waals surface area contributed by atoms with Crippen LogP contribution in [-0.4, -0.2) is 36.0 Å². The number of carbonyl (C=O) groups is 1. The number of para-hydroxylation sites is 1. The van der Waals surface area contributed by atoms with E-state index in [1.54, 1.807) is 17.4 Å². The monoisotopic (exact) mass is 545 g/mol. The number of rotatable bonds is 6. The Morgan fingerprint density at radius 1 is 0.950 bits per heavy atom. The van der Waals surface area contributed by atoms with Gasteiger partial charge in [-0.15, -0.1) is 11.3 Å². The highest BCUT2D eigenvalue weighted by atomic mass is 32.1. The van der Waals surface area contributed by atoms with Crippen LogP contribution in [0.25, 0.3) is 55.2 Å². The first kappa shape index (κ1) is 23.9. The van der Waals surface area contributed by atoms with E-state index in [1.807, 2.05) is 66.0 Å². The number of aromatic amines is 2. The molecular formula is C30H20FN7OS. The average Bonchev–Trinajstić information content (AvgIpc) is 3.73. The fraction of sp³-hybridized carbons (Fsp3) is 0.0333. The summed E-state index contributed by atoms with van der Waals surface area (Å²) in [5, 5.41) is 12.4. The summed E-state index contributed by atoms with van der Waals surface area (Å²) in [6.07, 6.45) is 4.78. The highest BCUT2D eigenvalue weighted by Crippen LogP contribution is 2.35. The quantitative estimate of drug-likeness (QED) is 0.218. The Morgan fingerprint density at radius 2 is 1.85 bits per heavy atom. The van der Waals surface area contributed by atoms with Crippen LogP contribution in [-0.2, 0) is 11.2 Å². The van der Waals surface area contributed by atoms with Crippen LogP contribution in [0, 0.1) is 5.82 Å². The van der Waals surface area contributed by atoms with E-state index >= 15 is 4.39 Å². The van der Waals surface area contributed by atoms with Gasteiger partial charge in [0.25, 0.3) is 0 Å². The van der Waals surface area contributed by atoms with Crippen LogP contribution in [0.4, 0.5) is 10.1 Å². The molecule has 0 saturated heterocycles. The third kappa shape index (κ3) is 4.30. The summed E-state index contributed by atoms with van der Waals surface area (Å²) in [4.78, 5) is 30.3. The Morgan fingerprint density at radius 3 is 2.70 bits per heavy atom. The Bertz CT molecular complexity index is 2000. The van der Waals surface area contributed by atoms with Crippen molar-refractivity contribution in [3.05, 3.63) is 102 Å². The zero-order valence-electron chi connectivity index (χ0n) is 20.9. The molecular weight excluding hydrogens is 525 g/mol. The van der Waals surface area contributed by atoms with E-state index in [0.717, 1.165) is 27.0 Å². The number of H-pyrrole nitrogens is 2. The Kier molecular flexibility index (Phi) is 5.86. The molecule has 0 saturated carbocycles. The summed E-state index contributed by atoms with van der Waals surface area (Å²) in [6.45, 7) is 0. The lowest BCUT2D eigenvalue weighted by Gasteiger charge is -2.08. The van der Waals surface area contributed by atoms with Crippen LogP contribution in [0.2, 0.25) is 0 Å². The van der Waals surface area contributed by atoms with Gasteiger partial charge in [0.05, 0.1) is 46.4 Å². The number of fused-ring (bicyclic) bond motifs is 2. The lowest BCUT2D eigenvalue weighted by atomic mass is 10.1.